The Kier molecular flexibility index (Phi) is 2.84. The lowest BCUT2D eigenvalue weighted by Crippen LogP contribution is -2.44. The van der Waals surface area contributed by atoms with Gasteiger partial charge in [-0.3, -0.25) is 4.79 Å². The third-order valence-electron chi connectivity index (χ3n) is 5.57. The highest BCUT2D eigenvalue weighted by atomic mass is 16.2. The van der Waals surface area contributed by atoms with Crippen molar-refractivity contribution in [1.29, 1.82) is 0 Å². The van der Waals surface area contributed by atoms with Crippen LogP contribution in [0.25, 0.3) is 0 Å². The van der Waals surface area contributed by atoms with Gasteiger partial charge in [-0.05, 0) is 35.8 Å². The summed E-state index contributed by atoms with van der Waals surface area (Å²) in [4.78, 5) is 15.1. The summed E-state index contributed by atoms with van der Waals surface area (Å²) in [6, 6.07) is 8.86. The van der Waals surface area contributed by atoms with Gasteiger partial charge < -0.3 is 10.2 Å². The number of nitrogens with zero attached hydrogens (tertiary/aromatic N) is 1. The van der Waals surface area contributed by atoms with E-state index in [9.17, 15) is 4.79 Å². The lowest BCUT2D eigenvalue weighted by Gasteiger charge is -2.35. The molecule has 4 unspecified atom stereocenters. The van der Waals surface area contributed by atoms with Crippen LogP contribution in [0.2, 0.25) is 0 Å². The van der Waals surface area contributed by atoms with Crippen LogP contribution < -0.4 is 5.32 Å². The SMILES string of the molecule is CCC1C2CNCC2CN1C(=O)C1Cc2ccccc21. The predicted octanol–water partition coefficient (Wildman–Crippen LogP) is 1.78. The molecule has 3 aliphatic rings. The molecule has 1 aromatic carbocycles. The molecule has 2 heterocycles. The number of amides is 1. The molecule has 0 aromatic heterocycles. The molecular formula is C17H22N2O. The van der Waals surface area contributed by atoms with E-state index in [0.717, 1.165) is 32.5 Å². The van der Waals surface area contributed by atoms with Gasteiger partial charge in [-0.1, -0.05) is 31.2 Å². The smallest absolute Gasteiger partial charge is 0.230 e. The summed E-state index contributed by atoms with van der Waals surface area (Å²) in [5.74, 6) is 1.87. The molecule has 2 saturated heterocycles. The maximum absolute atomic E-state index is 12.9. The van der Waals surface area contributed by atoms with E-state index in [2.05, 4.69) is 41.4 Å². The molecule has 106 valence electrons. The summed E-state index contributed by atoms with van der Waals surface area (Å²) in [6.45, 7) is 5.37. The Morgan fingerprint density at radius 3 is 3.00 bits per heavy atom. The summed E-state index contributed by atoms with van der Waals surface area (Å²) in [5.41, 5.74) is 2.63. The second-order valence-electron chi connectivity index (χ2n) is 6.50. The lowest BCUT2D eigenvalue weighted by atomic mass is 9.76. The predicted molar refractivity (Wildman–Crippen MR) is 78.5 cm³/mol. The Bertz CT molecular complexity index is 542. The van der Waals surface area contributed by atoms with Gasteiger partial charge in [-0.2, -0.15) is 0 Å². The molecule has 0 bridgehead atoms. The van der Waals surface area contributed by atoms with E-state index in [1.54, 1.807) is 0 Å². The molecule has 0 radical (unpaired) electrons. The average Bonchev–Trinajstić information content (AvgIpc) is 2.99. The first-order valence-corrected chi connectivity index (χ1v) is 7.88. The minimum Gasteiger partial charge on any atom is -0.339 e. The monoisotopic (exact) mass is 270 g/mol. The Labute approximate surface area is 120 Å². The Morgan fingerprint density at radius 1 is 1.35 bits per heavy atom. The van der Waals surface area contributed by atoms with E-state index >= 15 is 0 Å². The van der Waals surface area contributed by atoms with Gasteiger partial charge in [0.15, 0.2) is 0 Å². The van der Waals surface area contributed by atoms with E-state index in [0.29, 0.717) is 23.8 Å². The number of fused-ring (bicyclic) bond motifs is 2. The molecule has 0 spiro atoms. The van der Waals surface area contributed by atoms with Crippen LogP contribution in [0.1, 0.15) is 30.4 Å². The summed E-state index contributed by atoms with van der Waals surface area (Å²) in [6.07, 6.45) is 2.03. The van der Waals surface area contributed by atoms with E-state index in [-0.39, 0.29) is 5.92 Å². The van der Waals surface area contributed by atoms with Gasteiger partial charge in [-0.15, -0.1) is 0 Å². The topological polar surface area (TPSA) is 32.3 Å². The fourth-order valence-electron chi connectivity index (χ4n) is 4.48. The summed E-state index contributed by atoms with van der Waals surface area (Å²) < 4.78 is 0. The van der Waals surface area contributed by atoms with E-state index in [1.165, 1.54) is 11.1 Å². The molecule has 20 heavy (non-hydrogen) atoms. The van der Waals surface area contributed by atoms with Gasteiger partial charge >= 0.3 is 0 Å². The number of carbonyl (C=O) groups excluding carboxylic acids is 1. The van der Waals surface area contributed by atoms with Crippen molar-refractivity contribution in [3.63, 3.8) is 0 Å². The first kappa shape index (κ1) is 12.4. The van der Waals surface area contributed by atoms with Gasteiger partial charge in [0.2, 0.25) is 5.91 Å². The number of benzene rings is 1. The molecule has 2 aliphatic heterocycles. The van der Waals surface area contributed by atoms with Gasteiger partial charge in [0.05, 0.1) is 5.92 Å². The normalized spacial score (nSPS) is 34.5. The third kappa shape index (κ3) is 1.65. The Balaban J connectivity index is 1.55. The molecule has 4 rings (SSSR count). The summed E-state index contributed by atoms with van der Waals surface area (Å²) >= 11 is 0. The molecule has 1 aliphatic carbocycles. The van der Waals surface area contributed by atoms with E-state index in [4.69, 9.17) is 0 Å². The van der Waals surface area contributed by atoms with Gasteiger partial charge in [0.1, 0.15) is 0 Å². The van der Waals surface area contributed by atoms with Crippen molar-refractivity contribution in [3.05, 3.63) is 35.4 Å². The van der Waals surface area contributed by atoms with E-state index in [1.807, 2.05) is 0 Å². The van der Waals surface area contributed by atoms with Crippen LogP contribution in [0.15, 0.2) is 24.3 Å². The number of hydrogen-bond acceptors (Lipinski definition) is 2. The highest BCUT2D eigenvalue weighted by Gasteiger charge is 2.47. The van der Waals surface area contributed by atoms with E-state index < -0.39 is 0 Å². The number of nitrogens with one attached hydrogen (secondary N) is 1. The maximum atomic E-state index is 12.9. The second kappa shape index (κ2) is 4.59. The molecule has 2 fully saturated rings. The molecule has 1 N–H and O–H groups in total. The van der Waals surface area contributed by atoms with Crippen molar-refractivity contribution in [2.24, 2.45) is 11.8 Å². The van der Waals surface area contributed by atoms with Crippen LogP contribution in [0, 0.1) is 11.8 Å². The maximum Gasteiger partial charge on any atom is 0.230 e. The van der Waals surface area contributed by atoms with Gasteiger partial charge in [-0.25, -0.2) is 0 Å². The first-order valence-electron chi connectivity index (χ1n) is 7.88. The van der Waals surface area contributed by atoms with Crippen LogP contribution in [-0.2, 0) is 11.2 Å². The number of likely N-dealkylation sites (tertiary alicyclic amines) is 1. The van der Waals surface area contributed by atoms with Crippen molar-refractivity contribution in [3.8, 4) is 0 Å². The highest BCUT2D eigenvalue weighted by Crippen LogP contribution is 2.41. The zero-order chi connectivity index (χ0) is 13.7. The summed E-state index contributed by atoms with van der Waals surface area (Å²) in [7, 11) is 0. The van der Waals surface area contributed by atoms with Crippen LogP contribution in [0.4, 0.5) is 0 Å². The number of carbonyl (C=O) groups is 1. The van der Waals surface area contributed by atoms with Crippen LogP contribution in [0.5, 0.6) is 0 Å². The van der Waals surface area contributed by atoms with Crippen molar-refractivity contribution >= 4 is 5.91 Å². The molecule has 3 nitrogen and oxygen atoms in total. The zero-order valence-corrected chi connectivity index (χ0v) is 12.0. The Hall–Kier alpha value is -1.35. The fraction of sp³-hybridized carbons (Fsp3) is 0.588. The minimum absolute atomic E-state index is 0.132. The third-order valence-corrected chi connectivity index (χ3v) is 5.57. The second-order valence-corrected chi connectivity index (χ2v) is 6.50. The quantitative estimate of drug-likeness (QED) is 0.888. The molecule has 1 amide bonds. The van der Waals surface area contributed by atoms with Gasteiger partial charge in [0, 0.05) is 25.7 Å². The van der Waals surface area contributed by atoms with Crippen molar-refractivity contribution in [2.75, 3.05) is 19.6 Å². The van der Waals surface area contributed by atoms with Gasteiger partial charge in [0.25, 0.3) is 0 Å². The lowest BCUT2D eigenvalue weighted by molar-refractivity contribution is -0.134. The Morgan fingerprint density at radius 2 is 2.20 bits per heavy atom. The van der Waals surface area contributed by atoms with Crippen molar-refractivity contribution in [1.82, 2.24) is 10.2 Å². The first-order chi connectivity index (χ1) is 9.79. The fourth-order valence-corrected chi connectivity index (χ4v) is 4.48. The molecule has 0 saturated carbocycles. The highest BCUT2D eigenvalue weighted by molar-refractivity contribution is 5.87. The standard InChI is InChI=1S/C17H22N2O/c1-2-16-15-9-18-8-12(15)10-19(16)17(20)14-7-11-5-3-4-6-13(11)14/h3-6,12,14-16,18H,2,7-10H2,1H3. The van der Waals surface area contributed by atoms with Crippen LogP contribution in [-0.4, -0.2) is 36.5 Å². The molecule has 4 atom stereocenters. The van der Waals surface area contributed by atoms with Crippen LogP contribution in [0.3, 0.4) is 0 Å². The average molecular weight is 270 g/mol. The molecular weight excluding hydrogens is 248 g/mol. The largest absolute Gasteiger partial charge is 0.339 e. The summed E-state index contributed by atoms with van der Waals surface area (Å²) in [5, 5.41) is 3.48. The van der Waals surface area contributed by atoms with Crippen LogP contribution >= 0.6 is 0 Å². The van der Waals surface area contributed by atoms with Crippen molar-refractivity contribution < 1.29 is 4.79 Å². The number of rotatable bonds is 2. The zero-order valence-electron chi connectivity index (χ0n) is 12.0. The molecule has 3 heteroatoms. The molecule has 1 aromatic rings. The minimum atomic E-state index is 0.132. The number of hydrogen-bond donors (Lipinski definition) is 1. The van der Waals surface area contributed by atoms with Crippen molar-refractivity contribution in [2.45, 2.75) is 31.7 Å².